The molecule has 1 aromatic carbocycles. The van der Waals surface area contributed by atoms with Crippen molar-refractivity contribution < 1.29 is 23.8 Å². The molecule has 0 saturated heterocycles. The first kappa shape index (κ1) is 15.4. The number of rotatable bonds is 6. The molecule has 0 unspecified atom stereocenters. The first-order chi connectivity index (χ1) is 11.2. The number of carbonyl (C=O) groups is 2. The zero-order valence-electron chi connectivity index (χ0n) is 12.2. The van der Waals surface area contributed by atoms with Crippen LogP contribution in [0, 0.1) is 0 Å². The van der Waals surface area contributed by atoms with Crippen molar-refractivity contribution in [2.24, 2.45) is 0 Å². The number of esters is 1. The molecule has 6 nitrogen and oxygen atoms in total. The Hall–Kier alpha value is -2.54. The number of ether oxygens (including phenoxy) is 3. The number of hydrogen-bond donors (Lipinski definition) is 1. The fraction of sp³-hybridized carbons (Fsp3) is 0.250. The van der Waals surface area contributed by atoms with Crippen LogP contribution >= 0.6 is 11.3 Å². The van der Waals surface area contributed by atoms with Gasteiger partial charge in [-0.1, -0.05) is 0 Å². The number of fused-ring (bicyclic) bond motifs is 1. The molecule has 0 atom stereocenters. The molecule has 23 heavy (non-hydrogen) atoms. The molecule has 3 rings (SSSR count). The van der Waals surface area contributed by atoms with E-state index in [2.05, 4.69) is 5.32 Å². The molecular formula is C16H15NO5S. The largest absolute Gasteiger partial charge is 0.456 e. The average Bonchev–Trinajstić information content (AvgIpc) is 3.21. The zero-order valence-corrected chi connectivity index (χ0v) is 13.1. The maximum Gasteiger partial charge on any atom is 0.306 e. The van der Waals surface area contributed by atoms with Crippen molar-refractivity contribution in [3.8, 4) is 11.5 Å². The minimum absolute atomic E-state index is 0.175. The topological polar surface area (TPSA) is 73.9 Å². The van der Waals surface area contributed by atoms with E-state index in [0.717, 1.165) is 5.56 Å². The van der Waals surface area contributed by atoms with Gasteiger partial charge in [0.05, 0.1) is 0 Å². The summed E-state index contributed by atoms with van der Waals surface area (Å²) in [7, 11) is 0. The Morgan fingerprint density at radius 1 is 1.22 bits per heavy atom. The molecule has 1 aliphatic heterocycles. The lowest BCUT2D eigenvalue weighted by molar-refractivity contribution is -0.147. The molecule has 0 fully saturated rings. The highest BCUT2D eigenvalue weighted by atomic mass is 32.1. The van der Waals surface area contributed by atoms with Crippen molar-refractivity contribution in [2.45, 2.75) is 12.8 Å². The molecule has 1 aromatic heterocycles. The molecule has 1 aliphatic rings. The number of aryl methyl sites for hydroxylation is 1. The molecule has 1 amide bonds. The van der Waals surface area contributed by atoms with Crippen LogP contribution in [0.4, 0.5) is 5.69 Å². The van der Waals surface area contributed by atoms with Crippen LogP contribution in [0.25, 0.3) is 0 Å². The van der Waals surface area contributed by atoms with Gasteiger partial charge in [-0.2, -0.15) is 11.3 Å². The predicted octanol–water partition coefficient (Wildman–Crippen LogP) is 2.59. The van der Waals surface area contributed by atoms with Crippen LogP contribution in [0.2, 0.25) is 0 Å². The fourth-order valence-corrected chi connectivity index (χ4v) is 2.77. The molecule has 2 aromatic rings. The molecular weight excluding hydrogens is 318 g/mol. The first-order valence-electron chi connectivity index (χ1n) is 7.07. The smallest absolute Gasteiger partial charge is 0.306 e. The maximum absolute atomic E-state index is 11.8. The molecule has 0 bridgehead atoms. The van der Waals surface area contributed by atoms with E-state index in [1.165, 1.54) is 0 Å². The summed E-state index contributed by atoms with van der Waals surface area (Å²) in [6, 6.07) is 7.04. The first-order valence-corrected chi connectivity index (χ1v) is 8.01. The summed E-state index contributed by atoms with van der Waals surface area (Å²) in [5.74, 6) is 0.434. The van der Waals surface area contributed by atoms with Crippen LogP contribution in [-0.2, 0) is 20.7 Å². The highest BCUT2D eigenvalue weighted by Gasteiger charge is 2.14. The van der Waals surface area contributed by atoms with Crippen LogP contribution in [0.5, 0.6) is 11.5 Å². The highest BCUT2D eigenvalue weighted by Crippen LogP contribution is 2.34. The summed E-state index contributed by atoms with van der Waals surface area (Å²) in [6.07, 6.45) is 0.875. The molecule has 120 valence electrons. The molecule has 0 aliphatic carbocycles. The van der Waals surface area contributed by atoms with Crippen molar-refractivity contribution >= 4 is 28.9 Å². The van der Waals surface area contributed by atoms with Gasteiger partial charge in [0, 0.05) is 18.2 Å². The Morgan fingerprint density at radius 3 is 2.91 bits per heavy atom. The Balaban J connectivity index is 1.41. The Bertz CT molecular complexity index is 699. The molecule has 0 radical (unpaired) electrons. The van der Waals surface area contributed by atoms with Gasteiger partial charge in [-0.3, -0.25) is 9.59 Å². The average molecular weight is 333 g/mol. The number of thiophene rings is 1. The summed E-state index contributed by atoms with van der Waals surface area (Å²) >= 11 is 1.58. The SMILES string of the molecule is O=C(COC(=O)CCc1ccsc1)Nc1ccc2c(c1)OCO2. The number of benzene rings is 1. The second-order valence-electron chi connectivity index (χ2n) is 4.91. The van der Waals surface area contributed by atoms with E-state index < -0.39 is 11.9 Å². The minimum Gasteiger partial charge on any atom is -0.456 e. The van der Waals surface area contributed by atoms with Gasteiger partial charge < -0.3 is 19.5 Å². The van der Waals surface area contributed by atoms with Gasteiger partial charge in [-0.05, 0) is 40.9 Å². The number of amides is 1. The second kappa shape index (κ2) is 7.15. The summed E-state index contributed by atoms with van der Waals surface area (Å²) in [4.78, 5) is 23.4. The van der Waals surface area contributed by atoms with Crippen LogP contribution in [0.1, 0.15) is 12.0 Å². The van der Waals surface area contributed by atoms with Gasteiger partial charge in [0.2, 0.25) is 6.79 Å². The standard InChI is InChI=1S/C16H15NO5S/c18-15(8-20-16(19)4-1-11-5-6-23-9-11)17-12-2-3-13-14(7-12)22-10-21-13/h2-3,5-7,9H,1,4,8,10H2,(H,17,18). The zero-order chi connectivity index (χ0) is 16.1. The van der Waals surface area contributed by atoms with Crippen molar-refractivity contribution in [2.75, 3.05) is 18.7 Å². The van der Waals surface area contributed by atoms with Gasteiger partial charge in [0.1, 0.15) is 0 Å². The highest BCUT2D eigenvalue weighted by molar-refractivity contribution is 7.07. The fourth-order valence-electron chi connectivity index (χ4n) is 2.07. The van der Waals surface area contributed by atoms with Crippen molar-refractivity contribution in [1.82, 2.24) is 0 Å². The summed E-state index contributed by atoms with van der Waals surface area (Å²) in [5.41, 5.74) is 1.66. The van der Waals surface area contributed by atoms with Gasteiger partial charge >= 0.3 is 5.97 Å². The third-order valence-electron chi connectivity index (χ3n) is 3.22. The third-order valence-corrected chi connectivity index (χ3v) is 3.95. The van der Waals surface area contributed by atoms with E-state index in [-0.39, 0.29) is 19.8 Å². The number of hydrogen-bond acceptors (Lipinski definition) is 6. The van der Waals surface area contributed by atoms with E-state index in [1.807, 2.05) is 16.8 Å². The Labute approximate surface area is 137 Å². The third kappa shape index (κ3) is 4.23. The number of carbonyl (C=O) groups excluding carboxylic acids is 2. The lowest BCUT2D eigenvalue weighted by Crippen LogP contribution is -2.21. The van der Waals surface area contributed by atoms with Gasteiger partial charge in [-0.25, -0.2) is 0 Å². The van der Waals surface area contributed by atoms with Crippen molar-refractivity contribution in [3.63, 3.8) is 0 Å². The quantitative estimate of drug-likeness (QED) is 0.823. The van der Waals surface area contributed by atoms with Crippen LogP contribution in [0.15, 0.2) is 35.0 Å². The normalized spacial score (nSPS) is 12.0. The predicted molar refractivity (Wildman–Crippen MR) is 84.8 cm³/mol. The Kier molecular flexibility index (Phi) is 4.77. The van der Waals surface area contributed by atoms with Crippen LogP contribution in [0.3, 0.4) is 0 Å². The lowest BCUT2D eigenvalue weighted by atomic mass is 10.2. The summed E-state index contributed by atoms with van der Waals surface area (Å²) in [5, 5.41) is 6.59. The van der Waals surface area contributed by atoms with E-state index in [9.17, 15) is 9.59 Å². The molecule has 7 heteroatoms. The van der Waals surface area contributed by atoms with Crippen molar-refractivity contribution in [1.29, 1.82) is 0 Å². The molecule has 0 saturated carbocycles. The summed E-state index contributed by atoms with van der Waals surface area (Å²) < 4.78 is 15.4. The van der Waals surface area contributed by atoms with E-state index >= 15 is 0 Å². The summed E-state index contributed by atoms with van der Waals surface area (Å²) in [6.45, 7) is -0.134. The monoisotopic (exact) mass is 333 g/mol. The van der Waals surface area contributed by atoms with Crippen LogP contribution in [-0.4, -0.2) is 25.3 Å². The van der Waals surface area contributed by atoms with E-state index in [0.29, 0.717) is 23.6 Å². The van der Waals surface area contributed by atoms with E-state index in [4.69, 9.17) is 14.2 Å². The number of anilines is 1. The molecule has 0 spiro atoms. The molecule has 2 heterocycles. The number of nitrogens with one attached hydrogen (secondary N) is 1. The maximum atomic E-state index is 11.8. The van der Waals surface area contributed by atoms with Gasteiger partial charge in [0.25, 0.3) is 5.91 Å². The van der Waals surface area contributed by atoms with Crippen molar-refractivity contribution in [3.05, 3.63) is 40.6 Å². The molecule has 1 N–H and O–H groups in total. The van der Waals surface area contributed by atoms with Gasteiger partial charge in [0.15, 0.2) is 18.1 Å². The lowest BCUT2D eigenvalue weighted by Gasteiger charge is -2.07. The Morgan fingerprint density at radius 2 is 2.09 bits per heavy atom. The van der Waals surface area contributed by atoms with E-state index in [1.54, 1.807) is 29.5 Å². The second-order valence-corrected chi connectivity index (χ2v) is 5.69. The minimum atomic E-state index is -0.396. The van der Waals surface area contributed by atoms with Crippen LogP contribution < -0.4 is 14.8 Å². The van der Waals surface area contributed by atoms with Gasteiger partial charge in [-0.15, -0.1) is 0 Å².